The minimum Gasteiger partial charge on any atom is -0.492 e. The van der Waals surface area contributed by atoms with Gasteiger partial charge in [0.2, 0.25) is 11.3 Å². The summed E-state index contributed by atoms with van der Waals surface area (Å²) in [7, 11) is 3.27. The van der Waals surface area contributed by atoms with Crippen LogP contribution < -0.4 is 25.7 Å². The van der Waals surface area contributed by atoms with Gasteiger partial charge in [-0.1, -0.05) is 0 Å². The summed E-state index contributed by atoms with van der Waals surface area (Å²) < 4.78 is 22.9. The molecule has 4 rings (SSSR count). The zero-order valence-corrected chi connectivity index (χ0v) is 19.0. The molecule has 2 fully saturated rings. The van der Waals surface area contributed by atoms with Gasteiger partial charge in [0, 0.05) is 44.8 Å². The molecule has 33 heavy (non-hydrogen) atoms. The molecule has 178 valence electrons. The van der Waals surface area contributed by atoms with Gasteiger partial charge in [-0.3, -0.25) is 9.59 Å². The monoisotopic (exact) mass is 460 g/mol. The molecule has 9 nitrogen and oxygen atoms in total. The number of nitrogens with one attached hydrogen (secondary N) is 2. The minimum absolute atomic E-state index is 0.00871. The van der Waals surface area contributed by atoms with E-state index in [0.717, 1.165) is 25.3 Å². The van der Waals surface area contributed by atoms with Crippen LogP contribution in [0, 0.1) is 11.7 Å². The normalized spacial score (nSPS) is 19.0. The van der Waals surface area contributed by atoms with Gasteiger partial charge >= 0.3 is 5.97 Å². The SMILES string of the molecule is CNC(CNC(C)=O)C1CCN(c2c(F)cc3c(=O)c(C(=O)O)cn(C4CC4)c3c2OC)C1. The van der Waals surface area contributed by atoms with Gasteiger partial charge in [0.15, 0.2) is 11.6 Å². The summed E-state index contributed by atoms with van der Waals surface area (Å²) in [6.07, 6.45) is 3.85. The molecule has 1 aliphatic carbocycles. The lowest BCUT2D eigenvalue weighted by Gasteiger charge is -2.27. The van der Waals surface area contributed by atoms with Crippen LogP contribution in [-0.4, -0.2) is 61.4 Å². The van der Waals surface area contributed by atoms with Crippen LogP contribution in [0.5, 0.6) is 5.75 Å². The highest BCUT2D eigenvalue weighted by Gasteiger charge is 2.35. The van der Waals surface area contributed by atoms with E-state index in [0.29, 0.717) is 25.2 Å². The van der Waals surface area contributed by atoms with E-state index in [1.807, 2.05) is 11.9 Å². The first kappa shape index (κ1) is 23.0. The molecule has 1 saturated heterocycles. The molecule has 3 N–H and O–H groups in total. The number of carboxylic acid groups (broad SMARTS) is 1. The summed E-state index contributed by atoms with van der Waals surface area (Å²) in [6.45, 7) is 3.08. The molecule has 1 amide bonds. The molecule has 1 aromatic carbocycles. The number of fused-ring (bicyclic) bond motifs is 1. The highest BCUT2D eigenvalue weighted by atomic mass is 19.1. The number of amides is 1. The number of anilines is 1. The predicted molar refractivity (Wildman–Crippen MR) is 122 cm³/mol. The fourth-order valence-corrected chi connectivity index (χ4v) is 4.80. The number of ether oxygens (including phenoxy) is 1. The Labute approximate surface area is 190 Å². The standard InChI is InChI=1S/C23H29FN4O5/c1-12(29)26-9-18(25-2)13-6-7-27(10-13)20-17(24)8-15-19(22(20)33-3)28(14-4-5-14)11-16(21(15)30)23(31)32/h8,11,13-14,18,25H,4-7,9-10H2,1-3H3,(H,26,29)(H,31,32). The molecular formula is C23H29FN4O5. The van der Waals surface area contributed by atoms with Crippen molar-refractivity contribution >= 4 is 28.5 Å². The Kier molecular flexibility index (Phi) is 6.29. The first-order valence-corrected chi connectivity index (χ1v) is 11.1. The van der Waals surface area contributed by atoms with E-state index in [1.165, 1.54) is 20.2 Å². The highest BCUT2D eigenvalue weighted by molar-refractivity contribution is 5.97. The van der Waals surface area contributed by atoms with Crippen molar-refractivity contribution in [1.82, 2.24) is 15.2 Å². The Morgan fingerprint density at radius 3 is 2.64 bits per heavy atom. The molecule has 0 bridgehead atoms. The summed E-state index contributed by atoms with van der Waals surface area (Å²) >= 11 is 0. The number of methoxy groups -OCH3 is 1. The zero-order valence-electron chi connectivity index (χ0n) is 19.0. The number of halogens is 1. The third-order valence-electron chi connectivity index (χ3n) is 6.62. The second-order valence-corrected chi connectivity index (χ2v) is 8.78. The number of carbonyl (C=O) groups excluding carboxylic acids is 1. The van der Waals surface area contributed by atoms with Crippen molar-refractivity contribution in [3.63, 3.8) is 0 Å². The van der Waals surface area contributed by atoms with Gasteiger partial charge in [-0.05, 0) is 38.3 Å². The fourth-order valence-electron chi connectivity index (χ4n) is 4.80. The van der Waals surface area contributed by atoms with Crippen molar-refractivity contribution in [3.05, 3.63) is 33.9 Å². The maximum absolute atomic E-state index is 15.5. The quantitative estimate of drug-likeness (QED) is 0.550. The van der Waals surface area contributed by atoms with E-state index in [-0.39, 0.29) is 46.3 Å². The number of aromatic nitrogens is 1. The van der Waals surface area contributed by atoms with E-state index in [4.69, 9.17) is 4.74 Å². The molecule has 2 heterocycles. The number of hydrogen-bond donors (Lipinski definition) is 3. The molecule has 2 unspecified atom stereocenters. The third-order valence-corrected chi connectivity index (χ3v) is 6.62. The summed E-state index contributed by atoms with van der Waals surface area (Å²) in [5.74, 6) is -1.65. The molecule has 0 spiro atoms. The molecule has 1 aliphatic heterocycles. The molecule has 2 atom stereocenters. The first-order chi connectivity index (χ1) is 15.8. The van der Waals surface area contributed by atoms with Crippen LogP contribution in [-0.2, 0) is 4.79 Å². The van der Waals surface area contributed by atoms with Crippen molar-refractivity contribution in [2.24, 2.45) is 5.92 Å². The van der Waals surface area contributed by atoms with E-state index < -0.39 is 17.2 Å². The number of hydrogen-bond acceptors (Lipinski definition) is 6. The number of aromatic carboxylic acids is 1. The first-order valence-electron chi connectivity index (χ1n) is 11.1. The minimum atomic E-state index is -1.33. The van der Waals surface area contributed by atoms with Gasteiger partial charge < -0.3 is 29.9 Å². The van der Waals surface area contributed by atoms with Gasteiger partial charge in [-0.2, -0.15) is 0 Å². The van der Waals surface area contributed by atoms with E-state index in [1.54, 1.807) is 4.57 Å². The number of rotatable bonds is 8. The van der Waals surface area contributed by atoms with Gasteiger partial charge in [0.05, 0.1) is 18.0 Å². The third kappa shape index (κ3) is 4.27. The van der Waals surface area contributed by atoms with Crippen molar-refractivity contribution in [1.29, 1.82) is 0 Å². The van der Waals surface area contributed by atoms with Crippen LogP contribution in [0.4, 0.5) is 10.1 Å². The van der Waals surface area contributed by atoms with Gasteiger partial charge in [-0.15, -0.1) is 0 Å². The predicted octanol–water partition coefficient (Wildman–Crippen LogP) is 1.73. The van der Waals surface area contributed by atoms with Crippen molar-refractivity contribution in [3.8, 4) is 5.75 Å². The second-order valence-electron chi connectivity index (χ2n) is 8.78. The summed E-state index contributed by atoms with van der Waals surface area (Å²) in [4.78, 5) is 37.7. The van der Waals surface area contributed by atoms with E-state index >= 15 is 4.39 Å². The second kappa shape index (κ2) is 9.01. The number of benzene rings is 1. The zero-order chi connectivity index (χ0) is 23.9. The lowest BCUT2D eigenvalue weighted by molar-refractivity contribution is -0.119. The van der Waals surface area contributed by atoms with Crippen molar-refractivity contribution in [2.75, 3.05) is 38.7 Å². The van der Waals surface area contributed by atoms with Crippen LogP contribution >= 0.6 is 0 Å². The van der Waals surface area contributed by atoms with Crippen LogP contribution in [0.1, 0.15) is 42.6 Å². The van der Waals surface area contributed by atoms with Gasteiger partial charge in [-0.25, -0.2) is 9.18 Å². The summed E-state index contributed by atoms with van der Waals surface area (Å²) in [5.41, 5.74) is -0.389. The Hall–Kier alpha value is -3.14. The Balaban J connectivity index is 1.78. The smallest absolute Gasteiger partial charge is 0.341 e. The lowest BCUT2D eigenvalue weighted by atomic mass is 9.99. The number of pyridine rings is 1. The molecule has 2 aromatic rings. The maximum Gasteiger partial charge on any atom is 0.341 e. The van der Waals surface area contributed by atoms with Gasteiger partial charge in [0.25, 0.3) is 0 Å². The molecule has 10 heteroatoms. The maximum atomic E-state index is 15.5. The molecule has 0 radical (unpaired) electrons. The summed E-state index contributed by atoms with van der Waals surface area (Å²) in [6, 6.07) is 1.22. The highest BCUT2D eigenvalue weighted by Crippen LogP contribution is 2.44. The average Bonchev–Trinajstić information content (AvgIpc) is 3.51. The van der Waals surface area contributed by atoms with Crippen LogP contribution in [0.15, 0.2) is 17.1 Å². The number of carbonyl (C=O) groups is 2. The van der Waals surface area contributed by atoms with E-state index in [9.17, 15) is 19.5 Å². The Morgan fingerprint density at radius 2 is 2.06 bits per heavy atom. The Bertz CT molecular complexity index is 1160. The molecule has 1 saturated carbocycles. The topological polar surface area (TPSA) is 113 Å². The van der Waals surface area contributed by atoms with Crippen LogP contribution in [0.2, 0.25) is 0 Å². The van der Waals surface area contributed by atoms with Gasteiger partial charge in [0.1, 0.15) is 11.3 Å². The van der Waals surface area contributed by atoms with Crippen molar-refractivity contribution in [2.45, 2.75) is 38.3 Å². The average molecular weight is 461 g/mol. The lowest BCUT2D eigenvalue weighted by Crippen LogP contribution is -2.44. The number of nitrogens with zero attached hydrogens (tertiary/aromatic N) is 2. The van der Waals surface area contributed by atoms with E-state index in [2.05, 4.69) is 10.6 Å². The molecule has 2 aliphatic rings. The van der Waals surface area contributed by atoms with Crippen LogP contribution in [0.3, 0.4) is 0 Å². The fraction of sp³-hybridized carbons (Fsp3) is 0.522. The Morgan fingerprint density at radius 1 is 1.33 bits per heavy atom. The van der Waals surface area contributed by atoms with Crippen molar-refractivity contribution < 1.29 is 23.8 Å². The largest absolute Gasteiger partial charge is 0.492 e. The number of carboxylic acids is 1. The molecular weight excluding hydrogens is 431 g/mol. The molecule has 1 aromatic heterocycles. The summed E-state index contributed by atoms with van der Waals surface area (Å²) in [5, 5.41) is 15.5. The van der Waals surface area contributed by atoms with Crippen LogP contribution in [0.25, 0.3) is 10.9 Å². The number of likely N-dealkylation sites (N-methyl/N-ethyl adjacent to an activating group) is 1.